The van der Waals surface area contributed by atoms with Crippen LogP contribution in [0.5, 0.6) is 0 Å². The molecule has 1 amide bonds. The van der Waals surface area contributed by atoms with Gasteiger partial charge in [-0.05, 0) is 24.6 Å². The predicted molar refractivity (Wildman–Crippen MR) is 96.7 cm³/mol. The molecule has 0 aliphatic carbocycles. The summed E-state index contributed by atoms with van der Waals surface area (Å²) in [6.45, 7) is 5.42. The van der Waals surface area contributed by atoms with E-state index in [9.17, 15) is 4.79 Å². The molecular formula is C18H20N4OS. The second kappa shape index (κ2) is 6.28. The van der Waals surface area contributed by atoms with Gasteiger partial charge in [-0.15, -0.1) is 11.3 Å². The van der Waals surface area contributed by atoms with Gasteiger partial charge in [0.15, 0.2) is 4.96 Å². The van der Waals surface area contributed by atoms with E-state index in [2.05, 4.69) is 41.1 Å². The lowest BCUT2D eigenvalue weighted by Crippen LogP contribution is -2.49. The molecule has 0 atom stereocenters. The summed E-state index contributed by atoms with van der Waals surface area (Å²) < 4.78 is 1.98. The van der Waals surface area contributed by atoms with Crippen LogP contribution in [-0.2, 0) is 11.2 Å². The van der Waals surface area contributed by atoms with Gasteiger partial charge in [-0.1, -0.05) is 12.1 Å². The summed E-state index contributed by atoms with van der Waals surface area (Å²) in [5.41, 5.74) is 3.37. The van der Waals surface area contributed by atoms with Gasteiger partial charge in [0, 0.05) is 49.6 Å². The Labute approximate surface area is 145 Å². The normalized spacial score (nSPS) is 15.2. The van der Waals surface area contributed by atoms with Crippen LogP contribution in [0, 0.1) is 6.92 Å². The number of hydrogen-bond acceptors (Lipinski definition) is 4. The molecule has 1 fully saturated rings. The number of anilines is 1. The molecule has 3 heterocycles. The van der Waals surface area contributed by atoms with Gasteiger partial charge in [-0.25, -0.2) is 4.98 Å². The van der Waals surface area contributed by atoms with Crippen LogP contribution in [0.1, 0.15) is 11.3 Å². The van der Waals surface area contributed by atoms with Gasteiger partial charge in [-0.3, -0.25) is 9.20 Å². The standard InChI is InChI=1S/C18H20N4OS/c1-14-3-2-4-16(11-14)20-5-7-21(8-6-20)17(23)12-15-13-22-9-10-24-18(22)19-15/h2-4,9-11,13H,5-8,12H2,1H3. The summed E-state index contributed by atoms with van der Waals surface area (Å²) >= 11 is 1.59. The van der Waals surface area contributed by atoms with Gasteiger partial charge >= 0.3 is 0 Å². The first-order chi connectivity index (χ1) is 11.7. The van der Waals surface area contributed by atoms with Crippen molar-refractivity contribution in [2.45, 2.75) is 13.3 Å². The minimum atomic E-state index is 0.171. The number of aromatic nitrogens is 2. The number of aryl methyl sites for hydroxylation is 1. The van der Waals surface area contributed by atoms with Crippen molar-refractivity contribution in [3.05, 3.63) is 53.3 Å². The number of rotatable bonds is 3. The number of amides is 1. The van der Waals surface area contributed by atoms with Crippen LogP contribution in [0.25, 0.3) is 4.96 Å². The molecule has 2 aromatic heterocycles. The largest absolute Gasteiger partial charge is 0.368 e. The highest BCUT2D eigenvalue weighted by Gasteiger charge is 2.22. The van der Waals surface area contributed by atoms with E-state index in [1.165, 1.54) is 11.3 Å². The summed E-state index contributed by atoms with van der Waals surface area (Å²) in [5, 5.41) is 2.00. The summed E-state index contributed by atoms with van der Waals surface area (Å²) in [6.07, 6.45) is 4.31. The van der Waals surface area contributed by atoms with Crippen LogP contribution in [0.2, 0.25) is 0 Å². The first-order valence-electron chi connectivity index (χ1n) is 8.19. The van der Waals surface area contributed by atoms with E-state index in [0.29, 0.717) is 6.42 Å². The van der Waals surface area contributed by atoms with Crippen LogP contribution in [0.3, 0.4) is 0 Å². The molecule has 1 aliphatic heterocycles. The Bertz CT molecular complexity index is 832. The average molecular weight is 340 g/mol. The van der Waals surface area contributed by atoms with E-state index < -0.39 is 0 Å². The van der Waals surface area contributed by atoms with Crippen LogP contribution in [-0.4, -0.2) is 46.4 Å². The molecule has 0 radical (unpaired) electrons. The fourth-order valence-corrected chi connectivity index (χ4v) is 3.89. The van der Waals surface area contributed by atoms with E-state index in [0.717, 1.165) is 36.8 Å². The summed E-state index contributed by atoms with van der Waals surface area (Å²) in [4.78, 5) is 22.3. The average Bonchev–Trinajstić information content (AvgIpc) is 3.16. The molecule has 0 bridgehead atoms. The maximum atomic E-state index is 12.5. The first-order valence-corrected chi connectivity index (χ1v) is 9.07. The highest BCUT2D eigenvalue weighted by atomic mass is 32.1. The van der Waals surface area contributed by atoms with Crippen LogP contribution >= 0.6 is 11.3 Å². The number of hydrogen-bond donors (Lipinski definition) is 0. The Morgan fingerprint density at radius 1 is 1.25 bits per heavy atom. The molecule has 0 N–H and O–H groups in total. The number of imidazole rings is 1. The first kappa shape index (κ1) is 15.2. The maximum Gasteiger partial charge on any atom is 0.228 e. The molecule has 124 valence electrons. The van der Waals surface area contributed by atoms with Crippen molar-refractivity contribution >= 4 is 27.9 Å². The lowest BCUT2D eigenvalue weighted by atomic mass is 10.2. The zero-order valence-electron chi connectivity index (χ0n) is 13.7. The van der Waals surface area contributed by atoms with E-state index >= 15 is 0 Å². The Balaban J connectivity index is 1.36. The molecule has 1 aliphatic rings. The van der Waals surface area contributed by atoms with Crippen LogP contribution in [0.15, 0.2) is 42.0 Å². The van der Waals surface area contributed by atoms with Crippen molar-refractivity contribution in [2.24, 2.45) is 0 Å². The van der Waals surface area contributed by atoms with Gasteiger partial charge in [0.25, 0.3) is 0 Å². The summed E-state index contributed by atoms with van der Waals surface area (Å²) in [5.74, 6) is 0.171. The number of piperazine rings is 1. The van der Waals surface area contributed by atoms with Gasteiger partial charge in [0.2, 0.25) is 5.91 Å². The van der Waals surface area contributed by atoms with Gasteiger partial charge in [-0.2, -0.15) is 0 Å². The molecule has 3 aromatic rings. The highest BCUT2D eigenvalue weighted by molar-refractivity contribution is 7.15. The molecule has 0 saturated carbocycles. The smallest absolute Gasteiger partial charge is 0.228 e. The van der Waals surface area contributed by atoms with Crippen LogP contribution in [0.4, 0.5) is 5.69 Å². The summed E-state index contributed by atoms with van der Waals surface area (Å²) in [7, 11) is 0. The molecule has 4 rings (SSSR count). The van der Waals surface area contributed by atoms with E-state index in [1.54, 1.807) is 11.3 Å². The van der Waals surface area contributed by atoms with Crippen molar-refractivity contribution in [2.75, 3.05) is 31.1 Å². The van der Waals surface area contributed by atoms with Crippen molar-refractivity contribution < 1.29 is 4.79 Å². The Hall–Kier alpha value is -2.34. The lowest BCUT2D eigenvalue weighted by Gasteiger charge is -2.36. The molecule has 24 heavy (non-hydrogen) atoms. The zero-order chi connectivity index (χ0) is 16.5. The Kier molecular flexibility index (Phi) is 3.98. The molecule has 1 aromatic carbocycles. The molecule has 0 spiro atoms. The second-order valence-corrected chi connectivity index (χ2v) is 7.08. The third-order valence-electron chi connectivity index (χ3n) is 4.47. The predicted octanol–water partition coefficient (Wildman–Crippen LogP) is 2.60. The molecular weight excluding hydrogens is 320 g/mol. The minimum absolute atomic E-state index is 0.171. The van der Waals surface area contributed by atoms with Crippen molar-refractivity contribution in [3.63, 3.8) is 0 Å². The Morgan fingerprint density at radius 2 is 2.08 bits per heavy atom. The molecule has 0 unspecified atom stereocenters. The number of carbonyl (C=O) groups is 1. The molecule has 5 nitrogen and oxygen atoms in total. The number of carbonyl (C=O) groups excluding carboxylic acids is 1. The molecule has 1 saturated heterocycles. The maximum absolute atomic E-state index is 12.5. The van der Waals surface area contributed by atoms with Crippen molar-refractivity contribution in [1.29, 1.82) is 0 Å². The van der Waals surface area contributed by atoms with Gasteiger partial charge in [0.1, 0.15) is 0 Å². The van der Waals surface area contributed by atoms with Crippen molar-refractivity contribution in [3.8, 4) is 0 Å². The van der Waals surface area contributed by atoms with Gasteiger partial charge < -0.3 is 9.80 Å². The quantitative estimate of drug-likeness (QED) is 0.736. The van der Waals surface area contributed by atoms with Gasteiger partial charge in [0.05, 0.1) is 12.1 Å². The van der Waals surface area contributed by atoms with E-state index in [1.807, 2.05) is 27.1 Å². The van der Waals surface area contributed by atoms with E-state index in [4.69, 9.17) is 0 Å². The van der Waals surface area contributed by atoms with Crippen molar-refractivity contribution in [1.82, 2.24) is 14.3 Å². The lowest BCUT2D eigenvalue weighted by molar-refractivity contribution is -0.130. The number of fused-ring (bicyclic) bond motifs is 1. The third-order valence-corrected chi connectivity index (χ3v) is 5.25. The molecule has 6 heteroatoms. The monoisotopic (exact) mass is 340 g/mol. The fraction of sp³-hybridized carbons (Fsp3) is 0.333. The number of thiazole rings is 1. The van der Waals surface area contributed by atoms with Crippen LogP contribution < -0.4 is 4.90 Å². The Morgan fingerprint density at radius 3 is 2.83 bits per heavy atom. The third kappa shape index (κ3) is 3.01. The SMILES string of the molecule is Cc1cccc(N2CCN(C(=O)Cc3cn4ccsc4n3)CC2)c1. The summed E-state index contributed by atoms with van der Waals surface area (Å²) in [6, 6.07) is 8.54. The highest BCUT2D eigenvalue weighted by Crippen LogP contribution is 2.18. The number of benzene rings is 1. The fourth-order valence-electron chi connectivity index (χ4n) is 3.17. The zero-order valence-corrected chi connectivity index (χ0v) is 14.5. The number of nitrogens with zero attached hydrogens (tertiary/aromatic N) is 4. The minimum Gasteiger partial charge on any atom is -0.368 e. The van der Waals surface area contributed by atoms with E-state index in [-0.39, 0.29) is 5.91 Å². The topological polar surface area (TPSA) is 40.9 Å². The second-order valence-electron chi connectivity index (χ2n) is 6.21.